The van der Waals surface area contributed by atoms with E-state index in [9.17, 15) is 0 Å². The van der Waals surface area contributed by atoms with Gasteiger partial charge in [-0.05, 0) is 43.7 Å². The first-order valence-electron chi connectivity index (χ1n) is 6.23. The Morgan fingerprint density at radius 2 is 2.00 bits per heavy atom. The number of thiophene rings is 2. The van der Waals surface area contributed by atoms with Crippen LogP contribution in [-0.2, 0) is 6.42 Å². The van der Waals surface area contributed by atoms with Crippen molar-refractivity contribution in [1.82, 2.24) is 5.32 Å². The van der Waals surface area contributed by atoms with Crippen LogP contribution in [0.1, 0.15) is 40.1 Å². The van der Waals surface area contributed by atoms with E-state index >= 15 is 0 Å². The molecule has 0 bridgehead atoms. The standard InChI is InChI=1S/C14H18ClNS2/c1-4-10-6-7-11(17-10)13(16-5-2)12-8-9(3)14(15)18-12/h6-8,13,16H,4-5H2,1-3H3. The molecule has 1 nitrogen and oxygen atoms in total. The molecule has 0 amide bonds. The highest BCUT2D eigenvalue weighted by molar-refractivity contribution is 7.17. The van der Waals surface area contributed by atoms with Gasteiger partial charge in [0, 0.05) is 14.6 Å². The molecule has 2 heterocycles. The van der Waals surface area contributed by atoms with Gasteiger partial charge in [0.05, 0.1) is 10.4 Å². The summed E-state index contributed by atoms with van der Waals surface area (Å²) in [6.07, 6.45) is 1.10. The third-order valence-electron chi connectivity index (χ3n) is 2.88. The molecule has 0 saturated carbocycles. The van der Waals surface area contributed by atoms with Gasteiger partial charge >= 0.3 is 0 Å². The van der Waals surface area contributed by atoms with Crippen LogP contribution in [0.15, 0.2) is 18.2 Å². The lowest BCUT2D eigenvalue weighted by molar-refractivity contribution is 0.648. The molecule has 4 heteroatoms. The molecule has 1 N–H and O–H groups in total. The quantitative estimate of drug-likeness (QED) is 0.816. The zero-order chi connectivity index (χ0) is 13.1. The minimum absolute atomic E-state index is 0.288. The van der Waals surface area contributed by atoms with Crippen LogP contribution in [0.4, 0.5) is 0 Å². The van der Waals surface area contributed by atoms with Crippen LogP contribution in [0.25, 0.3) is 0 Å². The Kier molecular flexibility index (Phi) is 4.84. The number of hydrogen-bond acceptors (Lipinski definition) is 3. The Morgan fingerprint density at radius 1 is 1.22 bits per heavy atom. The molecule has 98 valence electrons. The Labute approximate surface area is 122 Å². The van der Waals surface area contributed by atoms with Crippen LogP contribution in [0, 0.1) is 6.92 Å². The fourth-order valence-corrected chi connectivity index (χ4v) is 4.35. The van der Waals surface area contributed by atoms with Crippen LogP contribution in [-0.4, -0.2) is 6.54 Å². The Morgan fingerprint density at radius 3 is 2.50 bits per heavy atom. The Bertz CT molecular complexity index is 496. The maximum atomic E-state index is 6.19. The molecule has 0 saturated heterocycles. The topological polar surface area (TPSA) is 12.0 Å². The molecule has 0 aliphatic carbocycles. The van der Waals surface area contributed by atoms with Crippen molar-refractivity contribution in [2.45, 2.75) is 33.2 Å². The van der Waals surface area contributed by atoms with E-state index in [-0.39, 0.29) is 6.04 Å². The summed E-state index contributed by atoms with van der Waals surface area (Å²) >= 11 is 9.76. The van der Waals surface area contributed by atoms with Crippen LogP contribution in [0.2, 0.25) is 4.34 Å². The van der Waals surface area contributed by atoms with Crippen molar-refractivity contribution in [3.8, 4) is 0 Å². The lowest BCUT2D eigenvalue weighted by atomic mass is 10.2. The molecular formula is C14H18ClNS2. The first kappa shape index (κ1) is 14.1. The van der Waals surface area contributed by atoms with Crippen molar-refractivity contribution in [3.05, 3.63) is 42.7 Å². The van der Waals surface area contributed by atoms with E-state index in [1.54, 1.807) is 11.3 Å². The molecule has 0 aromatic carbocycles. The van der Waals surface area contributed by atoms with Gasteiger partial charge in [-0.3, -0.25) is 0 Å². The average Bonchev–Trinajstić information content (AvgIpc) is 2.94. The fraction of sp³-hybridized carbons (Fsp3) is 0.429. The van der Waals surface area contributed by atoms with E-state index in [0.717, 1.165) is 17.3 Å². The summed E-state index contributed by atoms with van der Waals surface area (Å²) in [5.41, 5.74) is 1.17. The van der Waals surface area contributed by atoms with Gasteiger partial charge in [0.2, 0.25) is 0 Å². The monoisotopic (exact) mass is 299 g/mol. The van der Waals surface area contributed by atoms with Gasteiger partial charge in [0.15, 0.2) is 0 Å². The summed E-state index contributed by atoms with van der Waals surface area (Å²) in [4.78, 5) is 4.13. The Balaban J connectivity index is 2.32. The summed E-state index contributed by atoms with van der Waals surface area (Å²) < 4.78 is 0.903. The highest BCUT2D eigenvalue weighted by Crippen LogP contribution is 2.36. The third-order valence-corrected chi connectivity index (χ3v) is 5.80. The van der Waals surface area contributed by atoms with E-state index < -0.39 is 0 Å². The fourth-order valence-electron chi connectivity index (χ4n) is 1.91. The first-order chi connectivity index (χ1) is 8.65. The maximum absolute atomic E-state index is 6.19. The molecule has 1 atom stereocenters. The molecule has 2 rings (SSSR count). The predicted octanol–water partition coefficient (Wildman–Crippen LogP) is 5.03. The van der Waals surface area contributed by atoms with E-state index in [1.807, 2.05) is 11.3 Å². The van der Waals surface area contributed by atoms with Crippen LogP contribution < -0.4 is 5.32 Å². The molecule has 0 radical (unpaired) electrons. The molecule has 2 aromatic rings. The largest absolute Gasteiger partial charge is 0.305 e. The van der Waals surface area contributed by atoms with Gasteiger partial charge in [0.25, 0.3) is 0 Å². The minimum Gasteiger partial charge on any atom is -0.305 e. The summed E-state index contributed by atoms with van der Waals surface area (Å²) in [6.45, 7) is 7.36. The Hall–Kier alpha value is -0.350. The second-order valence-electron chi connectivity index (χ2n) is 4.25. The zero-order valence-electron chi connectivity index (χ0n) is 10.9. The summed E-state index contributed by atoms with van der Waals surface area (Å²) in [6, 6.07) is 6.95. The van der Waals surface area contributed by atoms with E-state index in [4.69, 9.17) is 11.6 Å². The molecule has 0 aliphatic heterocycles. The van der Waals surface area contributed by atoms with Crippen LogP contribution in [0.3, 0.4) is 0 Å². The smallest absolute Gasteiger partial charge is 0.0961 e. The van der Waals surface area contributed by atoms with Crippen molar-refractivity contribution in [2.24, 2.45) is 0 Å². The van der Waals surface area contributed by atoms with E-state index in [2.05, 4.69) is 44.3 Å². The molecule has 18 heavy (non-hydrogen) atoms. The second kappa shape index (κ2) is 6.20. The number of halogens is 1. The zero-order valence-corrected chi connectivity index (χ0v) is 13.3. The van der Waals surface area contributed by atoms with Crippen LogP contribution >= 0.6 is 34.3 Å². The van der Waals surface area contributed by atoms with Crippen molar-refractivity contribution >= 4 is 34.3 Å². The molecule has 0 fully saturated rings. The average molecular weight is 300 g/mol. The van der Waals surface area contributed by atoms with Crippen LogP contribution in [0.5, 0.6) is 0 Å². The molecular weight excluding hydrogens is 282 g/mol. The highest BCUT2D eigenvalue weighted by Gasteiger charge is 2.18. The first-order valence-corrected chi connectivity index (χ1v) is 8.24. The minimum atomic E-state index is 0.288. The van der Waals surface area contributed by atoms with Crippen molar-refractivity contribution in [3.63, 3.8) is 0 Å². The summed E-state index contributed by atoms with van der Waals surface area (Å²) in [5.74, 6) is 0. The number of nitrogens with one attached hydrogen (secondary N) is 1. The molecule has 2 aromatic heterocycles. The molecule has 0 aliphatic rings. The molecule has 0 spiro atoms. The summed E-state index contributed by atoms with van der Waals surface area (Å²) in [7, 11) is 0. The predicted molar refractivity (Wildman–Crippen MR) is 83.3 cm³/mol. The van der Waals surface area contributed by atoms with E-state index in [0.29, 0.717) is 0 Å². The third kappa shape index (κ3) is 2.97. The van der Waals surface area contributed by atoms with Gasteiger partial charge in [-0.25, -0.2) is 0 Å². The normalized spacial score (nSPS) is 12.9. The number of aryl methyl sites for hydroxylation is 2. The number of hydrogen-bond donors (Lipinski definition) is 1. The van der Waals surface area contributed by atoms with Gasteiger partial charge in [-0.2, -0.15) is 0 Å². The van der Waals surface area contributed by atoms with Gasteiger partial charge in [-0.15, -0.1) is 22.7 Å². The van der Waals surface area contributed by atoms with E-state index in [1.165, 1.54) is 20.2 Å². The molecule has 1 unspecified atom stereocenters. The van der Waals surface area contributed by atoms with Crippen molar-refractivity contribution in [2.75, 3.05) is 6.54 Å². The van der Waals surface area contributed by atoms with Gasteiger partial charge in [0.1, 0.15) is 0 Å². The summed E-state index contributed by atoms with van der Waals surface area (Å²) in [5, 5.41) is 3.56. The lowest BCUT2D eigenvalue weighted by Gasteiger charge is -2.14. The lowest BCUT2D eigenvalue weighted by Crippen LogP contribution is -2.20. The van der Waals surface area contributed by atoms with Gasteiger partial charge < -0.3 is 5.32 Å². The highest BCUT2D eigenvalue weighted by atomic mass is 35.5. The van der Waals surface area contributed by atoms with Crippen molar-refractivity contribution < 1.29 is 0 Å². The second-order valence-corrected chi connectivity index (χ2v) is 7.14. The maximum Gasteiger partial charge on any atom is 0.0961 e. The van der Waals surface area contributed by atoms with Crippen molar-refractivity contribution in [1.29, 1.82) is 0 Å². The number of rotatable bonds is 5. The van der Waals surface area contributed by atoms with Gasteiger partial charge in [-0.1, -0.05) is 25.4 Å². The SMILES string of the molecule is CCNC(c1ccc(CC)s1)c1cc(C)c(Cl)s1.